The van der Waals surface area contributed by atoms with E-state index in [1.54, 1.807) is 13.0 Å². The molecule has 0 amide bonds. The Kier molecular flexibility index (Phi) is 9.09. The minimum absolute atomic E-state index is 0.110. The zero-order valence-corrected chi connectivity index (χ0v) is 13.8. The molecule has 22 heavy (non-hydrogen) atoms. The van der Waals surface area contributed by atoms with Gasteiger partial charge in [-0.1, -0.05) is 43.6 Å². The number of unbranched alkanes of at least 4 members (excludes halogenated alkanes) is 3. The molecule has 1 rings (SSSR count). The number of hydrogen-bond acceptors (Lipinski definition) is 4. The summed E-state index contributed by atoms with van der Waals surface area (Å²) >= 11 is 0. The van der Waals surface area contributed by atoms with Crippen LogP contribution >= 0.6 is 0 Å². The lowest BCUT2D eigenvalue weighted by Gasteiger charge is -2.20. The average Bonchev–Trinajstić information content (AvgIpc) is 2.81. The maximum Gasteiger partial charge on any atom is 0.305 e. The third-order valence-corrected chi connectivity index (χ3v) is 4.05. The van der Waals surface area contributed by atoms with Crippen molar-refractivity contribution in [2.45, 2.75) is 64.6 Å². The second-order valence-electron chi connectivity index (χ2n) is 6.00. The average molecular weight is 310 g/mol. The van der Waals surface area contributed by atoms with E-state index in [9.17, 15) is 15.0 Å². The number of esters is 1. The molecule has 0 bridgehead atoms. The lowest BCUT2D eigenvalue weighted by atomic mass is 9.88. The van der Waals surface area contributed by atoms with E-state index in [2.05, 4.69) is 0 Å². The van der Waals surface area contributed by atoms with Crippen molar-refractivity contribution >= 4 is 5.97 Å². The molecule has 0 fully saturated rings. The van der Waals surface area contributed by atoms with Crippen molar-refractivity contribution in [1.29, 1.82) is 0 Å². The highest BCUT2D eigenvalue weighted by Gasteiger charge is 2.27. The third-order valence-electron chi connectivity index (χ3n) is 4.05. The first-order valence-corrected chi connectivity index (χ1v) is 8.43. The molecule has 0 aromatic carbocycles. The summed E-state index contributed by atoms with van der Waals surface area (Å²) in [5.74, 6) is 0.311. The smallest absolute Gasteiger partial charge is 0.305 e. The molecule has 0 spiro atoms. The summed E-state index contributed by atoms with van der Waals surface area (Å²) in [7, 11) is 0. The summed E-state index contributed by atoms with van der Waals surface area (Å²) in [5, 5.41) is 19.3. The van der Waals surface area contributed by atoms with Gasteiger partial charge in [0.15, 0.2) is 0 Å². The van der Waals surface area contributed by atoms with Crippen LogP contribution in [0.5, 0.6) is 0 Å². The number of ether oxygens (including phenoxy) is 1. The van der Waals surface area contributed by atoms with Crippen LogP contribution in [0.25, 0.3) is 0 Å². The summed E-state index contributed by atoms with van der Waals surface area (Å²) in [6.07, 6.45) is 12.3. The van der Waals surface area contributed by atoms with Gasteiger partial charge in [-0.05, 0) is 32.6 Å². The van der Waals surface area contributed by atoms with Gasteiger partial charge in [0, 0.05) is 12.3 Å². The molecule has 4 nitrogen and oxygen atoms in total. The van der Waals surface area contributed by atoms with E-state index in [4.69, 9.17) is 4.74 Å². The molecule has 126 valence electrons. The standard InChI is InChI=1S/C18H30O4/c1-3-22-18(21)9-7-5-4-6-8-16-15(11-10-14(2)19)12-13-17(16)20/h10-17,19-20H,3-9H2,1-2H3/b11-10+/t14?,15-,16-,17+/m0/s1. The van der Waals surface area contributed by atoms with Gasteiger partial charge < -0.3 is 14.9 Å². The van der Waals surface area contributed by atoms with Crippen LogP contribution in [-0.2, 0) is 9.53 Å². The van der Waals surface area contributed by atoms with Gasteiger partial charge in [-0.15, -0.1) is 0 Å². The molecule has 4 atom stereocenters. The predicted molar refractivity (Wildman–Crippen MR) is 87.3 cm³/mol. The lowest BCUT2D eigenvalue weighted by Crippen LogP contribution is -2.19. The van der Waals surface area contributed by atoms with E-state index >= 15 is 0 Å². The number of aliphatic hydroxyl groups is 2. The Morgan fingerprint density at radius 3 is 2.68 bits per heavy atom. The number of rotatable bonds is 10. The van der Waals surface area contributed by atoms with Crippen LogP contribution in [0.3, 0.4) is 0 Å². The van der Waals surface area contributed by atoms with Crippen molar-refractivity contribution in [2.75, 3.05) is 6.61 Å². The van der Waals surface area contributed by atoms with E-state index in [0.29, 0.717) is 13.0 Å². The molecular formula is C18H30O4. The molecule has 0 aliphatic heterocycles. The Morgan fingerprint density at radius 1 is 1.27 bits per heavy atom. The predicted octanol–water partition coefficient (Wildman–Crippen LogP) is 2.99. The number of aliphatic hydroxyl groups excluding tert-OH is 2. The van der Waals surface area contributed by atoms with Gasteiger partial charge in [-0.2, -0.15) is 0 Å². The van der Waals surface area contributed by atoms with Gasteiger partial charge in [0.2, 0.25) is 0 Å². The first kappa shape index (κ1) is 18.9. The van der Waals surface area contributed by atoms with E-state index < -0.39 is 6.10 Å². The zero-order chi connectivity index (χ0) is 16.4. The monoisotopic (exact) mass is 310 g/mol. The van der Waals surface area contributed by atoms with Crippen molar-refractivity contribution in [3.05, 3.63) is 24.3 Å². The van der Waals surface area contributed by atoms with Gasteiger partial charge in [0.05, 0.1) is 18.8 Å². The SMILES string of the molecule is CCOC(=O)CCCCCC[C@@H]1[C@H](O)C=C[C@@H]1/C=C/C(C)O. The Hall–Kier alpha value is -1.13. The van der Waals surface area contributed by atoms with Crippen LogP contribution in [0.1, 0.15) is 52.4 Å². The fourth-order valence-electron chi connectivity index (χ4n) is 2.85. The Bertz CT molecular complexity index is 373. The zero-order valence-electron chi connectivity index (χ0n) is 13.8. The van der Waals surface area contributed by atoms with Gasteiger partial charge in [0.25, 0.3) is 0 Å². The van der Waals surface area contributed by atoms with E-state index in [1.807, 2.05) is 25.2 Å². The largest absolute Gasteiger partial charge is 0.466 e. The molecule has 1 aliphatic rings. The second kappa shape index (κ2) is 10.6. The number of hydrogen-bond donors (Lipinski definition) is 2. The van der Waals surface area contributed by atoms with Gasteiger partial charge >= 0.3 is 5.97 Å². The maximum absolute atomic E-state index is 11.2. The van der Waals surface area contributed by atoms with Crippen LogP contribution < -0.4 is 0 Å². The topological polar surface area (TPSA) is 66.8 Å². The number of carbonyl (C=O) groups is 1. The van der Waals surface area contributed by atoms with Crippen LogP contribution in [0.4, 0.5) is 0 Å². The minimum Gasteiger partial charge on any atom is -0.466 e. The molecule has 0 saturated carbocycles. The fraction of sp³-hybridized carbons (Fsp3) is 0.722. The molecule has 1 aliphatic carbocycles. The molecule has 2 N–H and O–H groups in total. The fourth-order valence-corrected chi connectivity index (χ4v) is 2.85. The van der Waals surface area contributed by atoms with Gasteiger partial charge in [-0.25, -0.2) is 0 Å². The summed E-state index contributed by atoms with van der Waals surface area (Å²) in [4.78, 5) is 11.2. The lowest BCUT2D eigenvalue weighted by molar-refractivity contribution is -0.143. The Labute approximate surface area is 133 Å². The molecule has 0 saturated heterocycles. The Balaban J connectivity index is 2.18. The second-order valence-corrected chi connectivity index (χ2v) is 6.00. The minimum atomic E-state index is -0.449. The van der Waals surface area contributed by atoms with Crippen LogP contribution in [0.15, 0.2) is 24.3 Å². The van der Waals surface area contributed by atoms with Crippen molar-refractivity contribution in [2.24, 2.45) is 11.8 Å². The molecule has 0 aromatic heterocycles. The normalized spacial score (nSPS) is 25.7. The molecule has 4 heteroatoms. The van der Waals surface area contributed by atoms with Crippen molar-refractivity contribution in [3.63, 3.8) is 0 Å². The summed E-state index contributed by atoms with van der Waals surface area (Å²) in [5.41, 5.74) is 0. The number of allylic oxidation sites excluding steroid dienone is 2. The van der Waals surface area contributed by atoms with Crippen LogP contribution in [0.2, 0.25) is 0 Å². The Morgan fingerprint density at radius 2 is 2.00 bits per heavy atom. The summed E-state index contributed by atoms with van der Waals surface area (Å²) in [6, 6.07) is 0. The molecule has 0 heterocycles. The van der Waals surface area contributed by atoms with Gasteiger partial charge in [0.1, 0.15) is 0 Å². The summed E-state index contributed by atoms with van der Waals surface area (Å²) in [6.45, 7) is 4.00. The highest BCUT2D eigenvalue weighted by molar-refractivity contribution is 5.69. The maximum atomic E-state index is 11.2. The van der Waals surface area contributed by atoms with Crippen molar-refractivity contribution in [1.82, 2.24) is 0 Å². The highest BCUT2D eigenvalue weighted by atomic mass is 16.5. The van der Waals surface area contributed by atoms with Crippen molar-refractivity contribution in [3.8, 4) is 0 Å². The molecule has 0 radical (unpaired) electrons. The molecule has 0 aromatic rings. The van der Waals surface area contributed by atoms with E-state index in [1.165, 1.54) is 0 Å². The van der Waals surface area contributed by atoms with Gasteiger partial charge in [-0.3, -0.25) is 4.79 Å². The third kappa shape index (κ3) is 7.23. The number of carbonyl (C=O) groups excluding carboxylic acids is 1. The molecule has 1 unspecified atom stereocenters. The quantitative estimate of drug-likeness (QED) is 0.370. The first-order chi connectivity index (χ1) is 10.5. The van der Waals surface area contributed by atoms with E-state index in [0.717, 1.165) is 32.1 Å². The van der Waals surface area contributed by atoms with Crippen LogP contribution in [-0.4, -0.2) is 35.0 Å². The highest BCUT2D eigenvalue weighted by Crippen LogP contribution is 2.31. The van der Waals surface area contributed by atoms with E-state index in [-0.39, 0.29) is 23.9 Å². The molecular weight excluding hydrogens is 280 g/mol. The van der Waals surface area contributed by atoms with Crippen LogP contribution in [0, 0.1) is 11.8 Å². The first-order valence-electron chi connectivity index (χ1n) is 8.43. The van der Waals surface area contributed by atoms with Crippen molar-refractivity contribution < 1.29 is 19.7 Å². The summed E-state index contributed by atoms with van der Waals surface area (Å²) < 4.78 is 4.90.